The number of esters is 1. The Morgan fingerprint density at radius 1 is 1.00 bits per heavy atom. The van der Waals surface area contributed by atoms with E-state index in [0.717, 1.165) is 22.4 Å². The molecular weight excluding hydrogens is 440 g/mol. The zero-order chi connectivity index (χ0) is 17.7. The fraction of sp³-hybridized carbons (Fsp3) is 0.300. The van der Waals surface area contributed by atoms with Gasteiger partial charge in [0, 0.05) is 0 Å². The molecule has 1 amide bonds. The van der Waals surface area contributed by atoms with E-state index in [1.54, 1.807) is 11.8 Å². The van der Waals surface area contributed by atoms with E-state index in [0.29, 0.717) is 0 Å². The molecule has 25 heavy (non-hydrogen) atoms. The summed E-state index contributed by atoms with van der Waals surface area (Å²) in [4.78, 5) is 26.6. The summed E-state index contributed by atoms with van der Waals surface area (Å²) < 4.78 is 4.86. The van der Waals surface area contributed by atoms with Crippen molar-refractivity contribution >= 4 is 66.4 Å². The van der Waals surface area contributed by atoms with Gasteiger partial charge in [-0.25, -0.2) is 4.79 Å². The number of aryl methyl sites for hydroxylation is 2. The molecule has 0 fully saturated rings. The first-order chi connectivity index (χ1) is 11.5. The van der Waals surface area contributed by atoms with Crippen molar-refractivity contribution in [3.8, 4) is 0 Å². The number of rotatable bonds is 5. The van der Waals surface area contributed by atoms with Crippen LogP contribution in [-0.2, 0) is 20.7 Å². The van der Waals surface area contributed by atoms with Crippen LogP contribution in [-0.4, -0.2) is 73.9 Å². The summed E-state index contributed by atoms with van der Waals surface area (Å²) in [5.41, 5.74) is 3.59. The Kier molecular flexibility index (Phi) is 8.96. The molecule has 0 aliphatic heterocycles. The molecule has 2 aromatic carbocycles. The Labute approximate surface area is 189 Å². The standard InChI is InChI=1S/C20H23NO3.Ba.2H/c1-14-9-8-10-15(2)19(14)21(16(3)20(23)24-4)18(22)13-17-11-6-5-7-12-17;;;/h5-12,16H,13H2,1-4H3;;;. The molecule has 0 saturated heterocycles. The molecule has 2 rings (SSSR count). The number of hydrogen-bond donors (Lipinski definition) is 0. The molecule has 0 aliphatic carbocycles. The number of hydrogen-bond acceptors (Lipinski definition) is 3. The van der Waals surface area contributed by atoms with Crippen LogP contribution in [0.5, 0.6) is 0 Å². The summed E-state index contributed by atoms with van der Waals surface area (Å²) in [5.74, 6) is -0.560. The minimum atomic E-state index is -0.689. The molecule has 0 aliphatic rings. The number of para-hydroxylation sites is 1. The zero-order valence-electron chi connectivity index (χ0n) is 14.6. The minimum absolute atomic E-state index is 0. The third-order valence-electron chi connectivity index (χ3n) is 4.08. The van der Waals surface area contributed by atoms with E-state index in [-0.39, 0.29) is 61.2 Å². The Morgan fingerprint density at radius 3 is 2.08 bits per heavy atom. The molecule has 5 heteroatoms. The molecule has 1 atom stereocenters. The summed E-state index contributed by atoms with van der Waals surface area (Å²) in [5, 5.41) is 0. The number of amides is 1. The molecule has 0 spiro atoms. The van der Waals surface area contributed by atoms with Gasteiger partial charge in [0.15, 0.2) is 0 Å². The third kappa shape index (κ3) is 5.46. The molecular formula is C20H25BaNO3. The first kappa shape index (κ1) is 22.0. The van der Waals surface area contributed by atoms with Crippen LogP contribution in [0.15, 0.2) is 48.5 Å². The molecule has 130 valence electrons. The van der Waals surface area contributed by atoms with Crippen molar-refractivity contribution in [2.75, 3.05) is 12.0 Å². The normalized spacial score (nSPS) is 11.2. The van der Waals surface area contributed by atoms with E-state index < -0.39 is 12.0 Å². The van der Waals surface area contributed by atoms with Gasteiger partial charge in [0.2, 0.25) is 5.91 Å². The summed E-state index contributed by atoms with van der Waals surface area (Å²) in [7, 11) is 1.34. The molecule has 2 aromatic rings. The number of nitrogens with zero attached hydrogens (tertiary/aromatic N) is 1. The molecule has 0 radical (unpaired) electrons. The predicted octanol–water partition coefficient (Wildman–Crippen LogP) is 2.52. The molecule has 0 aromatic heterocycles. The second-order valence-corrected chi connectivity index (χ2v) is 5.87. The van der Waals surface area contributed by atoms with Gasteiger partial charge in [-0.3, -0.25) is 9.69 Å². The first-order valence-corrected chi connectivity index (χ1v) is 7.95. The molecule has 0 heterocycles. The van der Waals surface area contributed by atoms with Gasteiger partial charge in [0.25, 0.3) is 0 Å². The van der Waals surface area contributed by atoms with Gasteiger partial charge in [-0.15, -0.1) is 0 Å². The topological polar surface area (TPSA) is 46.6 Å². The number of anilines is 1. The summed E-state index contributed by atoms with van der Waals surface area (Å²) in [6, 6.07) is 14.7. The van der Waals surface area contributed by atoms with Gasteiger partial charge >= 0.3 is 54.9 Å². The van der Waals surface area contributed by atoms with Crippen molar-refractivity contribution in [1.82, 2.24) is 0 Å². The Balaban J connectivity index is 0.00000312. The Morgan fingerprint density at radius 2 is 1.56 bits per heavy atom. The SMILES string of the molecule is COC(=O)C(C)N(C(=O)Cc1ccccc1)c1c(C)cccc1C.[BaH2]. The molecule has 4 nitrogen and oxygen atoms in total. The van der Waals surface area contributed by atoms with Crippen LogP contribution < -0.4 is 4.90 Å². The van der Waals surface area contributed by atoms with E-state index >= 15 is 0 Å². The van der Waals surface area contributed by atoms with Crippen molar-refractivity contribution in [3.63, 3.8) is 0 Å². The molecule has 1 unspecified atom stereocenters. The molecule has 0 bridgehead atoms. The van der Waals surface area contributed by atoms with Gasteiger partial charge in [0.05, 0.1) is 19.2 Å². The van der Waals surface area contributed by atoms with Crippen LogP contribution in [0.3, 0.4) is 0 Å². The number of ether oxygens (including phenoxy) is 1. The zero-order valence-corrected chi connectivity index (χ0v) is 14.6. The second-order valence-electron chi connectivity index (χ2n) is 5.87. The van der Waals surface area contributed by atoms with Crippen molar-refractivity contribution in [2.24, 2.45) is 0 Å². The quantitative estimate of drug-likeness (QED) is 0.505. The fourth-order valence-corrected chi connectivity index (χ4v) is 2.85. The first-order valence-electron chi connectivity index (χ1n) is 7.95. The van der Waals surface area contributed by atoms with E-state index in [1.807, 2.05) is 62.4 Å². The molecule has 0 saturated carbocycles. The third-order valence-corrected chi connectivity index (χ3v) is 4.08. The van der Waals surface area contributed by atoms with Crippen LogP contribution in [0.25, 0.3) is 0 Å². The maximum absolute atomic E-state index is 13.0. The molecule has 0 N–H and O–H groups in total. The van der Waals surface area contributed by atoms with Crippen molar-refractivity contribution in [1.29, 1.82) is 0 Å². The van der Waals surface area contributed by atoms with Crippen LogP contribution in [0.1, 0.15) is 23.6 Å². The van der Waals surface area contributed by atoms with Gasteiger partial charge in [-0.1, -0.05) is 48.5 Å². The monoisotopic (exact) mass is 465 g/mol. The number of methoxy groups -OCH3 is 1. The number of benzene rings is 2. The van der Waals surface area contributed by atoms with E-state index in [2.05, 4.69) is 0 Å². The second kappa shape index (κ2) is 10.2. The van der Waals surface area contributed by atoms with Crippen molar-refractivity contribution in [2.45, 2.75) is 33.2 Å². The Bertz CT molecular complexity index is 711. The number of carbonyl (C=O) groups is 2. The van der Waals surface area contributed by atoms with Crippen LogP contribution in [0, 0.1) is 13.8 Å². The average Bonchev–Trinajstić information content (AvgIpc) is 2.57. The number of carbonyl (C=O) groups excluding carboxylic acids is 2. The maximum atomic E-state index is 13.0. The van der Waals surface area contributed by atoms with Crippen LogP contribution in [0.4, 0.5) is 5.69 Å². The van der Waals surface area contributed by atoms with Gasteiger partial charge in [-0.05, 0) is 37.5 Å². The fourth-order valence-electron chi connectivity index (χ4n) is 2.85. The van der Waals surface area contributed by atoms with Crippen molar-refractivity contribution in [3.05, 3.63) is 65.2 Å². The van der Waals surface area contributed by atoms with Gasteiger partial charge in [0.1, 0.15) is 6.04 Å². The predicted molar refractivity (Wildman–Crippen MR) is 104 cm³/mol. The van der Waals surface area contributed by atoms with E-state index in [9.17, 15) is 9.59 Å². The van der Waals surface area contributed by atoms with E-state index in [1.165, 1.54) is 7.11 Å². The van der Waals surface area contributed by atoms with Crippen LogP contribution in [0.2, 0.25) is 0 Å². The van der Waals surface area contributed by atoms with Crippen LogP contribution >= 0.6 is 0 Å². The Hall–Kier alpha value is -1.05. The summed E-state index contributed by atoms with van der Waals surface area (Å²) in [6.07, 6.45) is 0.232. The van der Waals surface area contributed by atoms with Crippen molar-refractivity contribution < 1.29 is 14.3 Å². The summed E-state index contributed by atoms with van der Waals surface area (Å²) in [6.45, 7) is 5.57. The van der Waals surface area contributed by atoms with Gasteiger partial charge < -0.3 is 4.74 Å². The average molecular weight is 465 g/mol. The summed E-state index contributed by atoms with van der Waals surface area (Å²) >= 11 is 0. The van der Waals surface area contributed by atoms with Gasteiger partial charge in [-0.2, -0.15) is 0 Å². The van der Waals surface area contributed by atoms with E-state index in [4.69, 9.17) is 4.74 Å².